The maximum Gasteiger partial charge on any atom is 0.336 e. The Morgan fingerprint density at radius 1 is 1.09 bits per heavy atom. The molecule has 9 nitrogen and oxygen atoms in total. The Balaban J connectivity index is 1.65. The molecule has 0 unspecified atom stereocenters. The number of likely N-dealkylation sites (N-methyl/N-ethyl adjacent to an activating group) is 1. The quantitative estimate of drug-likeness (QED) is 0.542. The fourth-order valence-corrected chi connectivity index (χ4v) is 4.80. The number of aromatic carboxylic acids is 1. The van der Waals surface area contributed by atoms with Gasteiger partial charge in [0.05, 0.1) is 22.6 Å². The topological polar surface area (TPSA) is 112 Å². The molecule has 1 aliphatic rings. The van der Waals surface area contributed by atoms with Crippen molar-refractivity contribution in [1.29, 1.82) is 0 Å². The summed E-state index contributed by atoms with van der Waals surface area (Å²) in [5.74, 6) is 0.0931. The van der Waals surface area contributed by atoms with E-state index in [1.807, 2.05) is 14.0 Å². The third kappa shape index (κ3) is 5.01. The van der Waals surface area contributed by atoms with Crippen molar-refractivity contribution in [2.45, 2.75) is 11.8 Å². The third-order valence-electron chi connectivity index (χ3n) is 5.55. The Kier molecular flexibility index (Phi) is 6.39. The van der Waals surface area contributed by atoms with Crippen LogP contribution in [-0.2, 0) is 10.0 Å². The van der Waals surface area contributed by atoms with Gasteiger partial charge in [0.2, 0.25) is 0 Å². The number of pyridine rings is 1. The zero-order chi connectivity index (χ0) is 23.6. The van der Waals surface area contributed by atoms with Crippen LogP contribution in [0, 0.1) is 0 Å². The van der Waals surface area contributed by atoms with E-state index in [9.17, 15) is 18.3 Å². The number of hydrogen-bond donors (Lipinski definition) is 2. The molecule has 33 heavy (non-hydrogen) atoms. The van der Waals surface area contributed by atoms with Gasteiger partial charge in [-0.15, -0.1) is 0 Å². The number of nitrogens with zero attached hydrogens (tertiary/aromatic N) is 3. The van der Waals surface area contributed by atoms with Crippen LogP contribution in [0.25, 0.3) is 10.9 Å². The molecular formula is C23H26N4O5S. The Hall–Kier alpha value is -3.37. The smallest absolute Gasteiger partial charge is 0.336 e. The molecule has 10 heteroatoms. The van der Waals surface area contributed by atoms with Crippen LogP contribution < -0.4 is 14.4 Å². The van der Waals surface area contributed by atoms with Crippen LogP contribution in [-0.4, -0.2) is 69.2 Å². The lowest BCUT2D eigenvalue weighted by molar-refractivity contribution is 0.0699. The monoisotopic (exact) mass is 470 g/mol. The maximum atomic E-state index is 12.8. The van der Waals surface area contributed by atoms with Crippen LogP contribution in [0.2, 0.25) is 0 Å². The fraction of sp³-hybridized carbons (Fsp3) is 0.304. The first-order valence-corrected chi connectivity index (χ1v) is 12.1. The molecule has 3 aromatic rings. The molecule has 0 aliphatic carbocycles. The number of fused-ring (bicyclic) bond motifs is 1. The highest BCUT2D eigenvalue weighted by molar-refractivity contribution is 7.92. The summed E-state index contributed by atoms with van der Waals surface area (Å²) in [6, 6.07) is 12.4. The zero-order valence-electron chi connectivity index (χ0n) is 18.5. The van der Waals surface area contributed by atoms with E-state index >= 15 is 0 Å². The SMILES string of the molecule is CCOc1ccc(S(=O)(=O)Nc2ccc3nc(N4CCN(C)CC4)cc(C(=O)O)c3c2)cc1. The molecule has 0 saturated carbocycles. The molecule has 2 heterocycles. The number of anilines is 2. The van der Waals surface area contributed by atoms with Crippen molar-refractivity contribution in [3.8, 4) is 5.75 Å². The van der Waals surface area contributed by atoms with Gasteiger partial charge < -0.3 is 19.6 Å². The molecule has 0 radical (unpaired) electrons. The highest BCUT2D eigenvalue weighted by Gasteiger charge is 2.20. The zero-order valence-corrected chi connectivity index (χ0v) is 19.3. The van der Waals surface area contributed by atoms with E-state index in [1.54, 1.807) is 30.3 Å². The van der Waals surface area contributed by atoms with Gasteiger partial charge in [-0.3, -0.25) is 4.72 Å². The molecule has 174 valence electrons. The summed E-state index contributed by atoms with van der Waals surface area (Å²) >= 11 is 0. The van der Waals surface area contributed by atoms with Crippen LogP contribution in [0.3, 0.4) is 0 Å². The number of ether oxygens (including phenoxy) is 1. The van der Waals surface area contributed by atoms with E-state index < -0.39 is 16.0 Å². The van der Waals surface area contributed by atoms with E-state index in [2.05, 4.69) is 19.5 Å². The second-order valence-electron chi connectivity index (χ2n) is 7.87. The first kappa shape index (κ1) is 22.8. The van der Waals surface area contributed by atoms with Gasteiger partial charge in [0.15, 0.2) is 0 Å². The summed E-state index contributed by atoms with van der Waals surface area (Å²) < 4.78 is 33.5. The van der Waals surface area contributed by atoms with Gasteiger partial charge in [-0.05, 0) is 62.5 Å². The normalized spacial score (nSPS) is 14.9. The molecule has 1 aliphatic heterocycles. The first-order chi connectivity index (χ1) is 15.8. The number of benzene rings is 2. The molecule has 0 amide bonds. The van der Waals surface area contributed by atoms with Crippen molar-refractivity contribution in [3.63, 3.8) is 0 Å². The Morgan fingerprint density at radius 2 is 1.79 bits per heavy atom. The van der Waals surface area contributed by atoms with Gasteiger partial charge in [-0.1, -0.05) is 0 Å². The van der Waals surface area contributed by atoms with Gasteiger partial charge in [-0.25, -0.2) is 18.2 Å². The van der Waals surface area contributed by atoms with Crippen molar-refractivity contribution in [3.05, 3.63) is 54.1 Å². The lowest BCUT2D eigenvalue weighted by Gasteiger charge is -2.33. The van der Waals surface area contributed by atoms with Gasteiger partial charge in [0, 0.05) is 37.3 Å². The summed E-state index contributed by atoms with van der Waals surface area (Å²) in [6.07, 6.45) is 0. The molecule has 1 aromatic heterocycles. The second-order valence-corrected chi connectivity index (χ2v) is 9.55. The number of rotatable bonds is 7. The number of nitrogens with one attached hydrogen (secondary N) is 1. The van der Waals surface area contributed by atoms with Crippen LogP contribution in [0.4, 0.5) is 11.5 Å². The predicted octanol–water partition coefficient (Wildman–Crippen LogP) is 2.88. The van der Waals surface area contributed by atoms with E-state index in [0.29, 0.717) is 29.1 Å². The molecule has 2 aromatic carbocycles. The highest BCUT2D eigenvalue weighted by atomic mass is 32.2. The second kappa shape index (κ2) is 9.24. The average Bonchev–Trinajstić information content (AvgIpc) is 2.79. The van der Waals surface area contributed by atoms with Crippen molar-refractivity contribution in [1.82, 2.24) is 9.88 Å². The number of sulfonamides is 1. The largest absolute Gasteiger partial charge is 0.494 e. The summed E-state index contributed by atoms with van der Waals surface area (Å²) in [6.45, 7) is 5.59. The summed E-state index contributed by atoms with van der Waals surface area (Å²) in [7, 11) is -1.82. The molecule has 0 bridgehead atoms. The molecule has 0 atom stereocenters. The van der Waals surface area contributed by atoms with Gasteiger partial charge >= 0.3 is 5.97 Å². The van der Waals surface area contributed by atoms with Gasteiger partial charge in [0.25, 0.3) is 10.0 Å². The predicted molar refractivity (Wildman–Crippen MR) is 127 cm³/mol. The molecule has 4 rings (SSSR count). The highest BCUT2D eigenvalue weighted by Crippen LogP contribution is 2.28. The number of hydrogen-bond acceptors (Lipinski definition) is 7. The van der Waals surface area contributed by atoms with E-state index in [0.717, 1.165) is 26.2 Å². The minimum Gasteiger partial charge on any atom is -0.494 e. The van der Waals surface area contributed by atoms with E-state index in [-0.39, 0.29) is 16.1 Å². The van der Waals surface area contributed by atoms with Crippen LogP contribution in [0.1, 0.15) is 17.3 Å². The Morgan fingerprint density at radius 3 is 2.42 bits per heavy atom. The van der Waals surface area contributed by atoms with Crippen LogP contribution in [0.15, 0.2) is 53.4 Å². The average molecular weight is 471 g/mol. The van der Waals surface area contributed by atoms with Gasteiger partial charge in [-0.2, -0.15) is 0 Å². The number of aromatic nitrogens is 1. The molecular weight excluding hydrogens is 444 g/mol. The molecule has 2 N–H and O–H groups in total. The summed E-state index contributed by atoms with van der Waals surface area (Å²) in [5, 5.41) is 10.2. The molecule has 0 spiro atoms. The third-order valence-corrected chi connectivity index (χ3v) is 6.95. The standard InChI is InChI=1S/C23H26N4O5S/c1-3-32-17-5-7-18(8-6-17)33(30,31)25-16-4-9-21-19(14-16)20(23(28)29)15-22(24-21)27-12-10-26(2)11-13-27/h4-9,14-15,25H,3,10-13H2,1-2H3,(H,28,29). The van der Waals surface area contributed by atoms with Crippen molar-refractivity contribution in [2.75, 3.05) is 49.5 Å². The number of carboxylic acids is 1. The maximum absolute atomic E-state index is 12.8. The van der Waals surface area contributed by atoms with Crippen molar-refractivity contribution >= 4 is 38.4 Å². The lowest BCUT2D eigenvalue weighted by Crippen LogP contribution is -2.44. The van der Waals surface area contributed by atoms with E-state index in [4.69, 9.17) is 4.74 Å². The summed E-state index contributed by atoms with van der Waals surface area (Å²) in [4.78, 5) is 21.0. The minimum absolute atomic E-state index is 0.0769. The fourth-order valence-electron chi connectivity index (χ4n) is 3.75. The molecule has 1 saturated heterocycles. The van der Waals surface area contributed by atoms with Gasteiger partial charge in [0.1, 0.15) is 11.6 Å². The number of piperazine rings is 1. The Bertz CT molecular complexity index is 1270. The van der Waals surface area contributed by atoms with E-state index in [1.165, 1.54) is 18.2 Å². The summed E-state index contributed by atoms with van der Waals surface area (Å²) in [5.41, 5.74) is 0.830. The minimum atomic E-state index is -3.86. The lowest BCUT2D eigenvalue weighted by atomic mass is 10.1. The first-order valence-electron chi connectivity index (χ1n) is 10.6. The molecule has 1 fully saturated rings. The van der Waals surface area contributed by atoms with Crippen molar-refractivity contribution < 1.29 is 23.1 Å². The number of carboxylic acid groups (broad SMARTS) is 1. The Labute approximate surface area is 192 Å². The number of carbonyl (C=O) groups is 1. The van der Waals surface area contributed by atoms with Crippen LogP contribution >= 0.6 is 0 Å². The van der Waals surface area contributed by atoms with Crippen LogP contribution in [0.5, 0.6) is 5.75 Å². The van der Waals surface area contributed by atoms with Crippen molar-refractivity contribution in [2.24, 2.45) is 0 Å².